The van der Waals surface area contributed by atoms with Crippen molar-refractivity contribution in [3.05, 3.63) is 34.7 Å². The van der Waals surface area contributed by atoms with E-state index in [1.165, 1.54) is 11.3 Å². The zero-order valence-corrected chi connectivity index (χ0v) is 12.8. The van der Waals surface area contributed by atoms with Crippen molar-refractivity contribution in [1.29, 1.82) is 0 Å². The van der Waals surface area contributed by atoms with Gasteiger partial charge in [-0.15, -0.1) is 11.3 Å². The Morgan fingerprint density at radius 2 is 2.05 bits per heavy atom. The van der Waals surface area contributed by atoms with E-state index >= 15 is 0 Å². The highest BCUT2D eigenvalue weighted by atomic mass is 32.1. The van der Waals surface area contributed by atoms with Gasteiger partial charge in [-0.25, -0.2) is 0 Å². The molecule has 0 spiro atoms. The molecule has 1 aromatic carbocycles. The first-order valence-corrected chi connectivity index (χ1v) is 7.25. The molecule has 2 heterocycles. The molecule has 6 heteroatoms. The fraction of sp³-hybridized carbons (Fsp3) is 0.200. The molecule has 0 saturated carbocycles. The summed E-state index contributed by atoms with van der Waals surface area (Å²) in [5.41, 5.74) is 8.65. The average Bonchev–Trinajstić information content (AvgIpc) is 3.05. The second-order valence-electron chi connectivity index (χ2n) is 4.74. The number of rotatable bonds is 3. The van der Waals surface area contributed by atoms with Crippen molar-refractivity contribution in [2.45, 2.75) is 13.8 Å². The molecule has 0 aliphatic carbocycles. The SMILES string of the molecule is COc1ccc(-c2noc(-c3cc(C)sc3N)n2)cc1C. The molecule has 3 aromatic rings. The number of nitrogens with zero attached hydrogens (tertiary/aromatic N) is 2. The molecule has 0 amide bonds. The number of methoxy groups -OCH3 is 1. The third-order valence-corrected chi connectivity index (χ3v) is 4.07. The number of hydrogen-bond acceptors (Lipinski definition) is 6. The van der Waals surface area contributed by atoms with Crippen LogP contribution in [0.4, 0.5) is 5.00 Å². The van der Waals surface area contributed by atoms with Crippen LogP contribution >= 0.6 is 11.3 Å². The van der Waals surface area contributed by atoms with Gasteiger partial charge in [0.05, 0.1) is 17.7 Å². The number of anilines is 1. The van der Waals surface area contributed by atoms with E-state index in [2.05, 4.69) is 10.1 Å². The number of ether oxygens (including phenoxy) is 1. The molecule has 0 atom stereocenters. The summed E-state index contributed by atoms with van der Waals surface area (Å²) in [6.07, 6.45) is 0. The van der Waals surface area contributed by atoms with Gasteiger partial charge < -0.3 is 15.0 Å². The molecule has 2 aromatic heterocycles. The van der Waals surface area contributed by atoms with Crippen LogP contribution in [-0.2, 0) is 0 Å². The Hall–Kier alpha value is -2.34. The molecule has 0 radical (unpaired) electrons. The normalized spacial score (nSPS) is 10.8. The molecule has 0 bridgehead atoms. The zero-order valence-electron chi connectivity index (χ0n) is 12.0. The lowest BCUT2D eigenvalue weighted by Gasteiger charge is -2.04. The zero-order chi connectivity index (χ0) is 15.0. The molecule has 0 aliphatic rings. The van der Waals surface area contributed by atoms with Crippen LogP contribution in [0.5, 0.6) is 5.75 Å². The Balaban J connectivity index is 1.98. The van der Waals surface area contributed by atoms with Gasteiger partial charge in [-0.2, -0.15) is 4.98 Å². The first-order chi connectivity index (χ1) is 10.1. The van der Waals surface area contributed by atoms with E-state index in [-0.39, 0.29) is 0 Å². The standard InChI is InChI=1S/C15H15N3O2S/c1-8-6-10(4-5-12(8)19-3)14-17-15(20-18-14)11-7-9(2)21-13(11)16/h4-7H,16H2,1-3H3. The van der Waals surface area contributed by atoms with Gasteiger partial charge in [-0.3, -0.25) is 0 Å². The molecule has 0 aliphatic heterocycles. The van der Waals surface area contributed by atoms with E-state index in [1.807, 2.05) is 38.1 Å². The minimum absolute atomic E-state index is 0.445. The van der Waals surface area contributed by atoms with Crippen LogP contribution < -0.4 is 10.5 Å². The molecule has 2 N–H and O–H groups in total. The molecule has 0 saturated heterocycles. The predicted octanol–water partition coefficient (Wildman–Crippen LogP) is 3.67. The van der Waals surface area contributed by atoms with Crippen molar-refractivity contribution in [2.75, 3.05) is 12.8 Å². The topological polar surface area (TPSA) is 74.2 Å². The molecular weight excluding hydrogens is 286 g/mol. The van der Waals surface area contributed by atoms with E-state index in [4.69, 9.17) is 15.0 Å². The van der Waals surface area contributed by atoms with Gasteiger partial charge >= 0.3 is 0 Å². The van der Waals surface area contributed by atoms with Crippen LogP contribution in [-0.4, -0.2) is 17.3 Å². The summed E-state index contributed by atoms with van der Waals surface area (Å²) in [5, 5.41) is 4.72. The first kappa shape index (κ1) is 13.6. The number of benzene rings is 1. The quantitative estimate of drug-likeness (QED) is 0.799. The lowest BCUT2D eigenvalue weighted by atomic mass is 10.1. The Bertz CT molecular complexity index is 792. The van der Waals surface area contributed by atoms with Gasteiger partial charge in [0, 0.05) is 10.4 Å². The second-order valence-corrected chi connectivity index (χ2v) is 6.03. The first-order valence-electron chi connectivity index (χ1n) is 6.43. The smallest absolute Gasteiger partial charge is 0.261 e. The van der Waals surface area contributed by atoms with E-state index < -0.39 is 0 Å². The van der Waals surface area contributed by atoms with Gasteiger partial charge in [0.25, 0.3) is 5.89 Å². The fourth-order valence-electron chi connectivity index (χ4n) is 2.17. The van der Waals surface area contributed by atoms with Gasteiger partial charge in [0.1, 0.15) is 5.75 Å². The van der Waals surface area contributed by atoms with Crippen molar-refractivity contribution in [3.63, 3.8) is 0 Å². The number of aromatic nitrogens is 2. The highest BCUT2D eigenvalue weighted by molar-refractivity contribution is 7.16. The largest absolute Gasteiger partial charge is 0.496 e. The highest BCUT2D eigenvalue weighted by Crippen LogP contribution is 2.33. The molecule has 0 unspecified atom stereocenters. The van der Waals surface area contributed by atoms with Crippen LogP contribution in [0.3, 0.4) is 0 Å². The lowest BCUT2D eigenvalue weighted by molar-refractivity contribution is 0.411. The molecule has 3 rings (SSSR count). The molecule has 5 nitrogen and oxygen atoms in total. The van der Waals surface area contributed by atoms with Crippen LogP contribution in [0, 0.1) is 13.8 Å². The van der Waals surface area contributed by atoms with Crippen molar-refractivity contribution in [3.8, 4) is 28.6 Å². The highest BCUT2D eigenvalue weighted by Gasteiger charge is 2.15. The predicted molar refractivity (Wildman–Crippen MR) is 83.5 cm³/mol. The number of nitrogens with two attached hydrogens (primary N) is 1. The van der Waals surface area contributed by atoms with Crippen molar-refractivity contribution < 1.29 is 9.26 Å². The fourth-order valence-corrected chi connectivity index (χ4v) is 2.95. The van der Waals surface area contributed by atoms with Crippen LogP contribution in [0.1, 0.15) is 10.4 Å². The maximum Gasteiger partial charge on any atom is 0.261 e. The Kier molecular flexibility index (Phi) is 3.39. The minimum atomic E-state index is 0.445. The van der Waals surface area contributed by atoms with Gasteiger partial charge in [0.2, 0.25) is 5.82 Å². The number of thiophene rings is 1. The summed E-state index contributed by atoms with van der Waals surface area (Å²) in [6.45, 7) is 3.97. The van der Waals surface area contributed by atoms with Gasteiger partial charge in [0.15, 0.2) is 0 Å². The van der Waals surface area contributed by atoms with E-state index in [9.17, 15) is 0 Å². The van der Waals surface area contributed by atoms with Crippen molar-refractivity contribution in [2.24, 2.45) is 0 Å². The van der Waals surface area contributed by atoms with Crippen molar-refractivity contribution >= 4 is 16.3 Å². The molecular formula is C15H15N3O2S. The summed E-state index contributed by atoms with van der Waals surface area (Å²) in [7, 11) is 1.65. The Morgan fingerprint density at radius 3 is 2.67 bits per heavy atom. The minimum Gasteiger partial charge on any atom is -0.496 e. The van der Waals surface area contributed by atoms with E-state index in [0.717, 1.165) is 27.3 Å². The summed E-state index contributed by atoms with van der Waals surface area (Å²) < 4.78 is 10.6. The summed E-state index contributed by atoms with van der Waals surface area (Å²) in [6, 6.07) is 7.72. The maximum atomic E-state index is 5.96. The number of aryl methyl sites for hydroxylation is 2. The number of hydrogen-bond donors (Lipinski definition) is 1. The van der Waals surface area contributed by atoms with Crippen LogP contribution in [0.15, 0.2) is 28.8 Å². The monoisotopic (exact) mass is 301 g/mol. The Morgan fingerprint density at radius 1 is 1.24 bits per heavy atom. The average molecular weight is 301 g/mol. The van der Waals surface area contributed by atoms with Crippen molar-refractivity contribution in [1.82, 2.24) is 10.1 Å². The molecule has 0 fully saturated rings. The van der Waals surface area contributed by atoms with Crippen LogP contribution in [0.2, 0.25) is 0 Å². The summed E-state index contributed by atoms with van der Waals surface area (Å²) in [5.74, 6) is 1.82. The van der Waals surface area contributed by atoms with Gasteiger partial charge in [-0.05, 0) is 43.7 Å². The van der Waals surface area contributed by atoms with Crippen LogP contribution in [0.25, 0.3) is 22.8 Å². The Labute approximate surface area is 126 Å². The van der Waals surface area contributed by atoms with E-state index in [1.54, 1.807) is 7.11 Å². The number of nitrogen functional groups attached to an aromatic ring is 1. The van der Waals surface area contributed by atoms with E-state index in [0.29, 0.717) is 16.7 Å². The second kappa shape index (κ2) is 5.21. The molecule has 21 heavy (non-hydrogen) atoms. The summed E-state index contributed by atoms with van der Waals surface area (Å²) >= 11 is 1.51. The lowest BCUT2D eigenvalue weighted by Crippen LogP contribution is -1.88. The third kappa shape index (κ3) is 2.50. The summed E-state index contributed by atoms with van der Waals surface area (Å²) in [4.78, 5) is 5.54. The van der Waals surface area contributed by atoms with Gasteiger partial charge in [-0.1, -0.05) is 5.16 Å². The molecule has 108 valence electrons. The maximum absolute atomic E-state index is 5.96. The third-order valence-electron chi connectivity index (χ3n) is 3.19.